The van der Waals surface area contributed by atoms with Crippen LogP contribution in [0.15, 0.2) is 24.8 Å². The molecule has 0 N–H and O–H groups in total. The molecule has 0 atom stereocenters. The van der Waals surface area contributed by atoms with Crippen molar-refractivity contribution < 1.29 is 0 Å². The van der Waals surface area contributed by atoms with Gasteiger partial charge in [0.25, 0.3) is 0 Å². The molecule has 144 valence electrons. The minimum Gasteiger partial charge on any atom is -0.103 e. The average molecular weight is 345 g/mol. The Morgan fingerprint density at radius 2 is 0.800 bits per heavy atom. The van der Waals surface area contributed by atoms with E-state index in [4.69, 9.17) is 0 Å². The van der Waals surface area contributed by atoms with Crippen LogP contribution in [-0.2, 0) is 0 Å². The third-order valence-electron chi connectivity index (χ3n) is 6.78. The van der Waals surface area contributed by atoms with Gasteiger partial charge >= 0.3 is 0 Å². The van der Waals surface area contributed by atoms with Crippen molar-refractivity contribution in [3.05, 3.63) is 24.8 Å². The molecule has 3 fully saturated rings. The molecule has 0 aromatic carbocycles. The number of hydrogen-bond donors (Lipinski definition) is 0. The lowest BCUT2D eigenvalue weighted by Gasteiger charge is -2.21. The van der Waals surface area contributed by atoms with Gasteiger partial charge in [-0.05, 0) is 37.0 Å². The molecule has 0 unspecified atom stereocenters. The molecule has 0 aliphatic heterocycles. The van der Waals surface area contributed by atoms with Crippen molar-refractivity contribution in [3.63, 3.8) is 0 Å². The van der Waals surface area contributed by atoms with E-state index in [0.717, 1.165) is 17.8 Å². The zero-order chi connectivity index (χ0) is 17.6. The van der Waals surface area contributed by atoms with E-state index in [1.807, 2.05) is 0 Å². The zero-order valence-corrected chi connectivity index (χ0v) is 16.9. The van der Waals surface area contributed by atoms with Crippen molar-refractivity contribution in [1.82, 2.24) is 0 Å². The molecule has 0 aromatic heterocycles. The minimum absolute atomic E-state index is 0.983. The van der Waals surface area contributed by atoms with Gasteiger partial charge in [-0.2, -0.15) is 0 Å². The summed E-state index contributed by atoms with van der Waals surface area (Å²) in [4.78, 5) is 0. The summed E-state index contributed by atoms with van der Waals surface area (Å²) < 4.78 is 0. The molecule has 25 heavy (non-hydrogen) atoms. The van der Waals surface area contributed by atoms with Crippen LogP contribution in [0.2, 0.25) is 0 Å². The Balaban J connectivity index is 0.000000212. The first-order chi connectivity index (χ1) is 12.4. The number of hydrogen-bond acceptors (Lipinski definition) is 0. The third-order valence-corrected chi connectivity index (χ3v) is 6.78. The first-order valence-corrected chi connectivity index (χ1v) is 11.6. The highest BCUT2D eigenvalue weighted by Crippen LogP contribution is 2.29. The molecule has 3 aliphatic carbocycles. The van der Waals surface area contributed by atoms with Gasteiger partial charge in [-0.15, -0.1) is 6.58 Å². The molecule has 0 radical (unpaired) electrons. The van der Waals surface area contributed by atoms with Crippen LogP contribution in [0.5, 0.6) is 0 Å². The summed E-state index contributed by atoms with van der Waals surface area (Å²) in [5.74, 6) is 3.03. The third kappa shape index (κ3) is 9.66. The molecule has 0 bridgehead atoms. The van der Waals surface area contributed by atoms with Crippen LogP contribution < -0.4 is 0 Å². The predicted molar refractivity (Wildman–Crippen MR) is 113 cm³/mol. The molecular formula is C25H44. The van der Waals surface area contributed by atoms with E-state index in [1.54, 1.807) is 0 Å². The van der Waals surface area contributed by atoms with Crippen LogP contribution in [0, 0.1) is 17.8 Å². The van der Waals surface area contributed by atoms with Gasteiger partial charge in [0, 0.05) is 0 Å². The highest BCUT2D eigenvalue weighted by Gasteiger charge is 2.13. The Hall–Kier alpha value is -0.520. The summed E-state index contributed by atoms with van der Waals surface area (Å²) in [6.07, 6.45) is 33.2. The SMILES string of the molecule is C(=CCC1CCCCC1)CC1CCCCC1.C=CCC1CCCCC1. The van der Waals surface area contributed by atoms with Crippen LogP contribution in [0.25, 0.3) is 0 Å². The fourth-order valence-corrected chi connectivity index (χ4v) is 5.08. The van der Waals surface area contributed by atoms with Crippen LogP contribution in [0.4, 0.5) is 0 Å². The second kappa shape index (κ2) is 13.7. The van der Waals surface area contributed by atoms with Gasteiger partial charge in [-0.1, -0.05) is 115 Å². The lowest BCUT2D eigenvalue weighted by molar-refractivity contribution is 0.355. The molecule has 0 saturated heterocycles. The summed E-state index contributed by atoms with van der Waals surface area (Å²) in [6, 6.07) is 0. The Morgan fingerprint density at radius 1 is 0.480 bits per heavy atom. The normalized spacial score (nSPS) is 24.0. The van der Waals surface area contributed by atoms with Gasteiger partial charge in [0.2, 0.25) is 0 Å². The molecule has 3 saturated carbocycles. The fraction of sp³-hybridized carbons (Fsp3) is 0.840. The standard InChI is InChI=1S/C16H28.C9H16/c1-3-9-15(10-4-1)13-7-8-14-16-11-5-2-6-12-16;1-2-6-9-7-4-3-5-8-9/h7-8,15-16H,1-6,9-14H2;2,9H,1,3-8H2. The van der Waals surface area contributed by atoms with Crippen molar-refractivity contribution >= 4 is 0 Å². The van der Waals surface area contributed by atoms with Crippen LogP contribution >= 0.6 is 0 Å². The molecule has 0 heterocycles. The van der Waals surface area contributed by atoms with Crippen LogP contribution in [0.1, 0.15) is 116 Å². The maximum atomic E-state index is 3.75. The Kier molecular flexibility index (Phi) is 11.4. The van der Waals surface area contributed by atoms with Gasteiger partial charge < -0.3 is 0 Å². The first-order valence-electron chi connectivity index (χ1n) is 11.6. The lowest BCUT2D eigenvalue weighted by Crippen LogP contribution is -2.05. The van der Waals surface area contributed by atoms with Gasteiger partial charge in [-0.25, -0.2) is 0 Å². The molecule has 0 amide bonds. The van der Waals surface area contributed by atoms with Crippen molar-refractivity contribution in [3.8, 4) is 0 Å². The number of rotatable bonds is 6. The lowest BCUT2D eigenvalue weighted by atomic mass is 9.85. The minimum atomic E-state index is 0.983. The molecule has 0 nitrogen and oxygen atoms in total. The molecular weight excluding hydrogens is 300 g/mol. The van der Waals surface area contributed by atoms with Crippen molar-refractivity contribution in [2.24, 2.45) is 17.8 Å². The van der Waals surface area contributed by atoms with E-state index in [1.165, 1.54) is 116 Å². The van der Waals surface area contributed by atoms with E-state index >= 15 is 0 Å². The summed E-state index contributed by atoms with van der Waals surface area (Å²) in [7, 11) is 0. The summed E-state index contributed by atoms with van der Waals surface area (Å²) in [5, 5.41) is 0. The molecule has 0 spiro atoms. The Labute approximate surface area is 158 Å². The van der Waals surface area contributed by atoms with Gasteiger partial charge in [-0.3, -0.25) is 0 Å². The van der Waals surface area contributed by atoms with E-state index in [-0.39, 0.29) is 0 Å². The largest absolute Gasteiger partial charge is 0.103 e. The monoisotopic (exact) mass is 344 g/mol. The number of allylic oxidation sites excluding steroid dienone is 3. The maximum Gasteiger partial charge on any atom is -0.0322 e. The molecule has 3 rings (SSSR count). The molecule has 0 aromatic rings. The summed E-state index contributed by atoms with van der Waals surface area (Å²) in [5.41, 5.74) is 0. The quantitative estimate of drug-likeness (QED) is 0.423. The second-order valence-corrected chi connectivity index (χ2v) is 8.98. The highest BCUT2D eigenvalue weighted by atomic mass is 14.2. The van der Waals surface area contributed by atoms with Gasteiger partial charge in [0.15, 0.2) is 0 Å². The second-order valence-electron chi connectivity index (χ2n) is 8.98. The summed E-state index contributed by atoms with van der Waals surface area (Å²) in [6.45, 7) is 3.75. The smallest absolute Gasteiger partial charge is 0.0322 e. The van der Waals surface area contributed by atoms with Gasteiger partial charge in [0.1, 0.15) is 0 Å². The van der Waals surface area contributed by atoms with Crippen molar-refractivity contribution in [2.75, 3.05) is 0 Å². The van der Waals surface area contributed by atoms with E-state index in [0.29, 0.717) is 0 Å². The Morgan fingerprint density at radius 3 is 1.12 bits per heavy atom. The van der Waals surface area contributed by atoms with Crippen molar-refractivity contribution in [1.29, 1.82) is 0 Å². The zero-order valence-electron chi connectivity index (χ0n) is 16.9. The highest BCUT2D eigenvalue weighted by molar-refractivity contribution is 4.87. The van der Waals surface area contributed by atoms with E-state index in [2.05, 4.69) is 24.8 Å². The fourth-order valence-electron chi connectivity index (χ4n) is 5.08. The van der Waals surface area contributed by atoms with E-state index in [9.17, 15) is 0 Å². The maximum absolute atomic E-state index is 3.75. The molecule has 0 heteroatoms. The first kappa shape index (κ1) is 20.8. The van der Waals surface area contributed by atoms with E-state index < -0.39 is 0 Å². The average Bonchev–Trinajstić information content (AvgIpc) is 2.69. The molecule has 3 aliphatic rings. The van der Waals surface area contributed by atoms with Gasteiger partial charge in [0.05, 0.1) is 0 Å². The topological polar surface area (TPSA) is 0 Å². The Bertz CT molecular complexity index is 313. The van der Waals surface area contributed by atoms with Crippen molar-refractivity contribution in [2.45, 2.75) is 116 Å². The summed E-state index contributed by atoms with van der Waals surface area (Å²) >= 11 is 0. The van der Waals surface area contributed by atoms with Crippen LogP contribution in [0.3, 0.4) is 0 Å². The predicted octanol–water partition coefficient (Wildman–Crippen LogP) is 8.63. The van der Waals surface area contributed by atoms with Crippen LogP contribution in [-0.4, -0.2) is 0 Å².